The highest BCUT2D eigenvalue weighted by Gasteiger charge is 1.91. The molecule has 0 unspecified atom stereocenters. The van der Waals surface area contributed by atoms with Crippen LogP contribution in [0.2, 0.25) is 0 Å². The van der Waals surface area contributed by atoms with Gasteiger partial charge in [0.25, 0.3) is 0 Å². The number of carbonyl (C=O) groups is 3. The SMILES string of the molecule is C=C(C)C(=O)O.C=C(C)C(=O)O.C=C(C)C(=O)O.CCC(C)C. The number of carboxylic acid groups (broad SMARTS) is 3. The van der Waals surface area contributed by atoms with Crippen LogP contribution < -0.4 is 0 Å². The van der Waals surface area contributed by atoms with Crippen molar-refractivity contribution >= 4 is 17.9 Å². The van der Waals surface area contributed by atoms with E-state index in [0.717, 1.165) is 5.92 Å². The molecule has 0 spiro atoms. The Kier molecular flexibility index (Phi) is 22.1. The molecule has 0 aliphatic carbocycles. The first-order valence-electron chi connectivity index (χ1n) is 6.86. The third kappa shape index (κ3) is 45.1. The summed E-state index contributed by atoms with van der Waals surface area (Å²) in [7, 11) is 0. The van der Waals surface area contributed by atoms with Crippen molar-refractivity contribution in [3.8, 4) is 0 Å². The summed E-state index contributed by atoms with van der Waals surface area (Å²) in [4.78, 5) is 28.8. The Morgan fingerprint density at radius 3 is 0.826 bits per heavy atom. The third-order valence-electron chi connectivity index (χ3n) is 1.91. The van der Waals surface area contributed by atoms with Gasteiger partial charge >= 0.3 is 17.9 Å². The first kappa shape index (κ1) is 28.7. The molecule has 0 saturated heterocycles. The predicted octanol–water partition coefficient (Wildman–Crippen LogP) is 3.99. The molecule has 0 aliphatic heterocycles. The van der Waals surface area contributed by atoms with E-state index >= 15 is 0 Å². The molecule has 0 aromatic heterocycles. The van der Waals surface area contributed by atoms with Crippen LogP contribution in [0.15, 0.2) is 36.5 Å². The van der Waals surface area contributed by atoms with E-state index in [2.05, 4.69) is 40.5 Å². The van der Waals surface area contributed by atoms with Crippen molar-refractivity contribution in [1.82, 2.24) is 0 Å². The number of rotatable bonds is 4. The second-order valence-electron chi connectivity index (χ2n) is 5.06. The number of hydrogen-bond donors (Lipinski definition) is 3. The molecule has 0 aromatic rings. The van der Waals surface area contributed by atoms with Gasteiger partial charge in [0, 0.05) is 16.7 Å². The Hall–Kier alpha value is -2.37. The zero-order valence-electron chi connectivity index (χ0n) is 15.0. The summed E-state index contributed by atoms with van der Waals surface area (Å²) >= 11 is 0. The van der Waals surface area contributed by atoms with Crippen molar-refractivity contribution in [2.24, 2.45) is 5.92 Å². The fraction of sp³-hybridized carbons (Fsp3) is 0.471. The lowest BCUT2D eigenvalue weighted by Crippen LogP contribution is -1.92. The van der Waals surface area contributed by atoms with E-state index in [1.54, 1.807) is 0 Å². The minimum absolute atomic E-state index is 0.176. The Morgan fingerprint density at radius 1 is 0.739 bits per heavy atom. The van der Waals surface area contributed by atoms with Crippen LogP contribution in [0.3, 0.4) is 0 Å². The highest BCUT2D eigenvalue weighted by molar-refractivity contribution is 5.85. The van der Waals surface area contributed by atoms with Gasteiger partial charge < -0.3 is 15.3 Å². The van der Waals surface area contributed by atoms with Crippen molar-refractivity contribution in [1.29, 1.82) is 0 Å². The number of carboxylic acids is 3. The summed E-state index contributed by atoms with van der Waals surface area (Å²) in [6, 6.07) is 0. The van der Waals surface area contributed by atoms with Gasteiger partial charge in [-0.1, -0.05) is 46.9 Å². The van der Waals surface area contributed by atoms with Crippen LogP contribution in [0.1, 0.15) is 48.0 Å². The minimum Gasteiger partial charge on any atom is -0.478 e. The molecule has 0 saturated carbocycles. The van der Waals surface area contributed by atoms with Crippen LogP contribution in [0.5, 0.6) is 0 Å². The van der Waals surface area contributed by atoms with Crippen LogP contribution in [0.4, 0.5) is 0 Å². The van der Waals surface area contributed by atoms with E-state index in [1.807, 2.05) is 0 Å². The van der Waals surface area contributed by atoms with Gasteiger partial charge in [0.2, 0.25) is 0 Å². The lowest BCUT2D eigenvalue weighted by Gasteiger charge is -1.90. The Balaban J connectivity index is -0.000000105. The van der Waals surface area contributed by atoms with E-state index in [9.17, 15) is 14.4 Å². The predicted molar refractivity (Wildman–Crippen MR) is 92.5 cm³/mol. The van der Waals surface area contributed by atoms with Crippen molar-refractivity contribution in [3.05, 3.63) is 36.5 Å². The largest absolute Gasteiger partial charge is 0.478 e. The maximum Gasteiger partial charge on any atom is 0.330 e. The highest BCUT2D eigenvalue weighted by atomic mass is 16.4. The van der Waals surface area contributed by atoms with Crippen LogP contribution >= 0.6 is 0 Å². The number of aliphatic carboxylic acids is 3. The van der Waals surface area contributed by atoms with E-state index < -0.39 is 17.9 Å². The smallest absolute Gasteiger partial charge is 0.330 e. The van der Waals surface area contributed by atoms with Crippen molar-refractivity contribution < 1.29 is 29.7 Å². The molecule has 23 heavy (non-hydrogen) atoms. The van der Waals surface area contributed by atoms with E-state index in [4.69, 9.17) is 15.3 Å². The van der Waals surface area contributed by atoms with Gasteiger partial charge in [0.1, 0.15) is 0 Å². The second kappa shape index (κ2) is 17.7. The van der Waals surface area contributed by atoms with Gasteiger partial charge in [-0.25, -0.2) is 14.4 Å². The lowest BCUT2D eigenvalue weighted by molar-refractivity contribution is -0.133. The Labute approximate surface area is 138 Å². The molecule has 0 rings (SSSR count). The van der Waals surface area contributed by atoms with Gasteiger partial charge in [-0.15, -0.1) is 0 Å². The van der Waals surface area contributed by atoms with Crippen LogP contribution in [-0.2, 0) is 14.4 Å². The monoisotopic (exact) mass is 330 g/mol. The topological polar surface area (TPSA) is 112 Å². The average molecular weight is 330 g/mol. The molecular weight excluding hydrogens is 300 g/mol. The van der Waals surface area contributed by atoms with Gasteiger partial charge in [0.15, 0.2) is 0 Å². The molecule has 0 fully saturated rings. The number of hydrogen-bond acceptors (Lipinski definition) is 3. The zero-order valence-corrected chi connectivity index (χ0v) is 15.0. The fourth-order valence-electron chi connectivity index (χ4n) is 0. The van der Waals surface area contributed by atoms with Crippen LogP contribution in [0, 0.1) is 5.92 Å². The second-order valence-corrected chi connectivity index (χ2v) is 5.06. The van der Waals surface area contributed by atoms with E-state index in [1.165, 1.54) is 27.2 Å². The minimum atomic E-state index is -0.935. The molecule has 0 aliphatic rings. The molecular formula is C17H30O6. The quantitative estimate of drug-likeness (QED) is 0.672. The molecule has 0 atom stereocenters. The third-order valence-corrected chi connectivity index (χ3v) is 1.91. The average Bonchev–Trinajstić information content (AvgIpc) is 2.40. The zero-order chi connectivity index (χ0) is 19.7. The molecule has 0 heterocycles. The fourth-order valence-corrected chi connectivity index (χ4v) is 0. The summed E-state index contributed by atoms with van der Waals surface area (Å²) in [6.07, 6.45) is 1.31. The van der Waals surface area contributed by atoms with Gasteiger partial charge in [-0.2, -0.15) is 0 Å². The first-order chi connectivity index (χ1) is 10.2. The molecule has 0 bridgehead atoms. The lowest BCUT2D eigenvalue weighted by atomic mass is 10.2. The summed E-state index contributed by atoms with van der Waals surface area (Å²) < 4.78 is 0. The molecule has 134 valence electrons. The summed E-state index contributed by atoms with van der Waals surface area (Å²) in [5, 5.41) is 23.7. The van der Waals surface area contributed by atoms with Crippen molar-refractivity contribution in [3.63, 3.8) is 0 Å². The molecule has 0 amide bonds. The summed E-state index contributed by atoms with van der Waals surface area (Å²) in [5.41, 5.74) is 0.528. The summed E-state index contributed by atoms with van der Waals surface area (Å²) in [6.45, 7) is 20.4. The molecule has 6 nitrogen and oxygen atoms in total. The Bertz CT molecular complexity index is 326. The van der Waals surface area contributed by atoms with Gasteiger partial charge in [-0.05, 0) is 26.7 Å². The van der Waals surface area contributed by atoms with Gasteiger partial charge in [-0.3, -0.25) is 0 Å². The van der Waals surface area contributed by atoms with Crippen LogP contribution in [-0.4, -0.2) is 33.2 Å². The molecule has 0 aromatic carbocycles. The maximum absolute atomic E-state index is 9.60. The molecule has 0 radical (unpaired) electrons. The normalized spacial score (nSPS) is 7.96. The summed E-state index contributed by atoms with van der Waals surface area (Å²) in [5.74, 6) is -1.92. The van der Waals surface area contributed by atoms with E-state index in [0.29, 0.717) is 0 Å². The van der Waals surface area contributed by atoms with Crippen molar-refractivity contribution in [2.45, 2.75) is 48.0 Å². The van der Waals surface area contributed by atoms with Crippen LogP contribution in [0.25, 0.3) is 0 Å². The Morgan fingerprint density at radius 2 is 0.826 bits per heavy atom. The highest BCUT2D eigenvalue weighted by Crippen LogP contribution is 1.93. The van der Waals surface area contributed by atoms with Crippen molar-refractivity contribution in [2.75, 3.05) is 0 Å². The standard InChI is InChI=1S/C5H12.3C4H6O2/c1-4-5(2)3;3*1-3(2)4(5)6/h5H,4H2,1-3H3;3*1H2,2H3,(H,5,6). The first-order valence-corrected chi connectivity index (χ1v) is 6.86. The molecule has 3 N–H and O–H groups in total. The van der Waals surface area contributed by atoms with Gasteiger partial charge in [0.05, 0.1) is 0 Å². The molecule has 6 heteroatoms. The van der Waals surface area contributed by atoms with E-state index in [-0.39, 0.29) is 16.7 Å². The maximum atomic E-state index is 9.60.